The lowest BCUT2D eigenvalue weighted by Gasteiger charge is -2.30. The van der Waals surface area contributed by atoms with Crippen LogP contribution in [-0.4, -0.2) is 22.0 Å². The number of aromatic amines is 1. The van der Waals surface area contributed by atoms with Crippen LogP contribution in [0.4, 0.5) is 5.69 Å². The van der Waals surface area contributed by atoms with E-state index in [9.17, 15) is 14.4 Å². The molecule has 3 heterocycles. The van der Waals surface area contributed by atoms with Crippen LogP contribution in [0.25, 0.3) is 0 Å². The zero-order valence-electron chi connectivity index (χ0n) is 19.3. The third-order valence-electron chi connectivity index (χ3n) is 6.58. The van der Waals surface area contributed by atoms with Gasteiger partial charge < -0.3 is 9.72 Å². The van der Waals surface area contributed by atoms with E-state index >= 15 is 0 Å². The maximum Gasteiger partial charge on any atom is 0.305 e. The van der Waals surface area contributed by atoms with E-state index in [-0.39, 0.29) is 16.7 Å². The van der Waals surface area contributed by atoms with E-state index in [1.165, 1.54) is 16.7 Å². The highest BCUT2D eigenvalue weighted by atomic mass is 32.2. The fourth-order valence-electron chi connectivity index (χ4n) is 4.86. The summed E-state index contributed by atoms with van der Waals surface area (Å²) in [7, 11) is 0. The molecule has 1 saturated heterocycles. The van der Waals surface area contributed by atoms with Gasteiger partial charge in [0.05, 0.1) is 16.6 Å². The van der Waals surface area contributed by atoms with Crippen LogP contribution in [-0.2, 0) is 16.2 Å². The van der Waals surface area contributed by atoms with E-state index in [1.54, 1.807) is 12.1 Å². The fraction of sp³-hybridized carbons (Fsp3) is 0.179. The summed E-state index contributed by atoms with van der Waals surface area (Å²) in [6.45, 7) is 2.38. The van der Waals surface area contributed by atoms with Crippen LogP contribution in [0.15, 0.2) is 88.7 Å². The van der Waals surface area contributed by atoms with Crippen molar-refractivity contribution in [2.24, 2.45) is 5.92 Å². The fourth-order valence-corrected chi connectivity index (χ4v) is 7.38. The summed E-state index contributed by atoms with van der Waals surface area (Å²) >= 11 is 2.39. The van der Waals surface area contributed by atoms with Gasteiger partial charge in [0, 0.05) is 10.8 Å². The van der Waals surface area contributed by atoms with E-state index in [0.29, 0.717) is 23.1 Å². The Balaban J connectivity index is 1.38. The number of imide groups is 1. The van der Waals surface area contributed by atoms with Gasteiger partial charge in [-0.25, -0.2) is 4.90 Å². The van der Waals surface area contributed by atoms with Crippen molar-refractivity contribution >= 4 is 40.6 Å². The van der Waals surface area contributed by atoms with Gasteiger partial charge in [0.25, 0.3) is 0 Å². The van der Waals surface area contributed by atoms with Gasteiger partial charge in [-0.05, 0) is 42.3 Å². The first-order valence-electron chi connectivity index (χ1n) is 11.6. The molecule has 0 aliphatic carbocycles. The number of aryl methyl sites for hydroxylation is 1. The number of hydrogen-bond donors (Lipinski definition) is 1. The number of nitrogens with one attached hydrogen (secondary N) is 1. The number of hydrogen-bond acceptors (Lipinski definition) is 6. The van der Waals surface area contributed by atoms with Crippen LogP contribution < -0.4 is 14.5 Å². The molecule has 3 aromatic carbocycles. The standard InChI is InChI=1S/C28H22N2O4S2/c1-16-10-12-19(13-11-16)30-26(31)22-21(23-25(29-28(33)36-23)35-24(22)27(30)32)18-8-5-9-20(14-18)34-15-17-6-3-2-4-7-17/h2-14,21-22,24H,15H2,1H3,(H,29,33)/t21-,22-,24+/m0/s1. The van der Waals surface area contributed by atoms with Gasteiger partial charge in [-0.3, -0.25) is 14.4 Å². The number of nitrogens with zero attached hydrogens (tertiary/aromatic N) is 1. The molecular formula is C28H22N2O4S2. The number of ether oxygens (including phenoxy) is 1. The molecule has 0 unspecified atom stereocenters. The Kier molecular flexibility index (Phi) is 5.78. The maximum absolute atomic E-state index is 13.8. The number of benzene rings is 3. The zero-order valence-corrected chi connectivity index (χ0v) is 21.0. The maximum atomic E-state index is 13.8. The van der Waals surface area contributed by atoms with Crippen LogP contribution in [0.5, 0.6) is 5.75 Å². The van der Waals surface area contributed by atoms with Crippen LogP contribution in [0.2, 0.25) is 0 Å². The van der Waals surface area contributed by atoms with Crippen molar-refractivity contribution in [1.82, 2.24) is 4.98 Å². The molecule has 2 amide bonds. The average Bonchev–Trinajstić information content (AvgIpc) is 3.38. The summed E-state index contributed by atoms with van der Waals surface area (Å²) < 4.78 is 6.04. The van der Waals surface area contributed by atoms with E-state index < -0.39 is 17.1 Å². The molecule has 6 nitrogen and oxygen atoms in total. The van der Waals surface area contributed by atoms with E-state index in [2.05, 4.69) is 4.98 Å². The van der Waals surface area contributed by atoms with Gasteiger partial charge in [0.1, 0.15) is 17.6 Å². The number of amides is 2. The van der Waals surface area contributed by atoms with Crippen LogP contribution >= 0.6 is 23.1 Å². The normalized spacial score (nSPS) is 20.8. The molecular weight excluding hydrogens is 492 g/mol. The van der Waals surface area contributed by atoms with Crippen LogP contribution in [0.3, 0.4) is 0 Å². The lowest BCUT2D eigenvalue weighted by atomic mass is 9.83. The minimum absolute atomic E-state index is 0.191. The number of carbonyl (C=O) groups excluding carboxylic acids is 2. The van der Waals surface area contributed by atoms with Crippen molar-refractivity contribution in [2.75, 3.05) is 4.90 Å². The molecule has 180 valence electrons. The highest BCUT2D eigenvalue weighted by Gasteiger charge is 2.56. The lowest BCUT2D eigenvalue weighted by molar-refractivity contribution is -0.122. The summed E-state index contributed by atoms with van der Waals surface area (Å²) in [6.07, 6.45) is 0. The second kappa shape index (κ2) is 9.11. The van der Waals surface area contributed by atoms with Gasteiger partial charge in [-0.2, -0.15) is 0 Å². The Morgan fingerprint density at radius 2 is 1.69 bits per heavy atom. The van der Waals surface area contributed by atoms with Crippen molar-refractivity contribution in [1.29, 1.82) is 0 Å². The molecule has 1 N–H and O–H groups in total. The van der Waals surface area contributed by atoms with E-state index in [1.807, 2.05) is 73.7 Å². The molecule has 0 saturated carbocycles. The number of thioether (sulfide) groups is 1. The minimum Gasteiger partial charge on any atom is -0.489 e. The number of H-pyrrole nitrogens is 1. The molecule has 4 aromatic rings. The topological polar surface area (TPSA) is 79.5 Å². The smallest absolute Gasteiger partial charge is 0.305 e. The molecule has 1 aromatic heterocycles. The zero-order chi connectivity index (χ0) is 24.8. The first-order chi connectivity index (χ1) is 17.5. The average molecular weight is 515 g/mol. The van der Waals surface area contributed by atoms with Crippen molar-refractivity contribution in [3.63, 3.8) is 0 Å². The van der Waals surface area contributed by atoms with Gasteiger partial charge >= 0.3 is 4.87 Å². The number of carbonyl (C=O) groups is 2. The number of aromatic nitrogens is 1. The van der Waals surface area contributed by atoms with E-state index in [0.717, 1.165) is 32.9 Å². The summed E-state index contributed by atoms with van der Waals surface area (Å²) in [4.78, 5) is 44.4. The van der Waals surface area contributed by atoms with Gasteiger partial charge in [0.2, 0.25) is 11.8 Å². The molecule has 36 heavy (non-hydrogen) atoms. The second-order valence-electron chi connectivity index (χ2n) is 8.94. The first kappa shape index (κ1) is 22.8. The molecule has 0 spiro atoms. The van der Waals surface area contributed by atoms with Crippen molar-refractivity contribution in [3.8, 4) is 5.75 Å². The quantitative estimate of drug-likeness (QED) is 0.374. The predicted octanol–water partition coefficient (Wildman–Crippen LogP) is 5.12. The summed E-state index contributed by atoms with van der Waals surface area (Å²) in [5.41, 5.74) is 3.52. The Bertz CT molecular complexity index is 1510. The number of thiazole rings is 1. The summed E-state index contributed by atoms with van der Waals surface area (Å²) in [6, 6.07) is 24.9. The predicted molar refractivity (Wildman–Crippen MR) is 141 cm³/mol. The van der Waals surface area contributed by atoms with Gasteiger partial charge in [0.15, 0.2) is 0 Å². The Hall–Kier alpha value is -3.62. The lowest BCUT2D eigenvalue weighted by Crippen LogP contribution is -2.32. The molecule has 8 heteroatoms. The van der Waals surface area contributed by atoms with Gasteiger partial charge in [-0.15, -0.1) is 0 Å². The summed E-state index contributed by atoms with van der Waals surface area (Å²) in [5.74, 6) is -0.872. The Labute approximate surface area is 215 Å². The monoisotopic (exact) mass is 514 g/mol. The summed E-state index contributed by atoms with van der Waals surface area (Å²) in [5, 5.41) is 0.0502. The van der Waals surface area contributed by atoms with Crippen molar-refractivity contribution in [2.45, 2.75) is 29.7 Å². The van der Waals surface area contributed by atoms with Crippen molar-refractivity contribution in [3.05, 3.63) is 110 Å². The van der Waals surface area contributed by atoms with Gasteiger partial charge in [-0.1, -0.05) is 83.3 Å². The SMILES string of the molecule is Cc1ccc(N2C(=O)[C@H]3[C@H](c4cccc(OCc5ccccc5)c4)c4sc(=O)[nH]c4S[C@H]3C2=O)cc1. The highest BCUT2D eigenvalue weighted by molar-refractivity contribution is 8.00. The number of fused-ring (bicyclic) bond motifs is 2. The molecule has 2 aliphatic rings. The largest absolute Gasteiger partial charge is 0.489 e. The molecule has 0 radical (unpaired) electrons. The number of rotatable bonds is 5. The number of anilines is 1. The van der Waals surface area contributed by atoms with E-state index in [4.69, 9.17) is 4.74 Å². The highest BCUT2D eigenvalue weighted by Crippen LogP contribution is 2.53. The molecule has 1 fully saturated rings. The van der Waals surface area contributed by atoms with Crippen LogP contribution in [0.1, 0.15) is 27.5 Å². The molecule has 0 bridgehead atoms. The Morgan fingerprint density at radius 1 is 0.917 bits per heavy atom. The molecule has 2 aliphatic heterocycles. The minimum atomic E-state index is -0.618. The third kappa shape index (κ3) is 3.96. The second-order valence-corrected chi connectivity index (χ2v) is 11.1. The Morgan fingerprint density at radius 3 is 2.47 bits per heavy atom. The molecule has 6 rings (SSSR count). The third-order valence-corrected chi connectivity index (χ3v) is 8.98. The first-order valence-corrected chi connectivity index (χ1v) is 13.3. The molecule has 3 atom stereocenters. The van der Waals surface area contributed by atoms with Crippen LogP contribution in [0, 0.1) is 12.8 Å². The van der Waals surface area contributed by atoms with Crippen molar-refractivity contribution < 1.29 is 14.3 Å².